The van der Waals surface area contributed by atoms with Gasteiger partial charge in [0.25, 0.3) is 0 Å². The number of imidazole rings is 2. The fourth-order valence-corrected chi connectivity index (χ4v) is 4.61. The number of hydrogen-bond donors (Lipinski definition) is 2. The van der Waals surface area contributed by atoms with Gasteiger partial charge in [0, 0.05) is 11.1 Å². The summed E-state index contributed by atoms with van der Waals surface area (Å²) in [5.41, 5.74) is 5.56. The van der Waals surface area contributed by atoms with Gasteiger partial charge in [0.2, 0.25) is 11.5 Å². The molecule has 0 fully saturated rings. The van der Waals surface area contributed by atoms with E-state index in [0.29, 0.717) is 34.5 Å². The number of aromatic amines is 2. The molecule has 4 aromatic carbocycles. The molecule has 0 bridgehead atoms. The molecule has 0 aliphatic heterocycles. The Balaban J connectivity index is 0.000000168. The number of fused-ring (bicyclic) bond motifs is 2. The lowest BCUT2D eigenvalue weighted by molar-refractivity contribution is 0.324. The normalized spacial score (nSPS) is 10.6. The minimum absolute atomic E-state index is 0.569. The second kappa shape index (κ2) is 12.4. The molecule has 0 saturated carbocycles. The van der Waals surface area contributed by atoms with E-state index in [0.717, 1.165) is 44.8 Å². The summed E-state index contributed by atoms with van der Waals surface area (Å²) >= 11 is 0. The van der Waals surface area contributed by atoms with E-state index in [-0.39, 0.29) is 0 Å². The number of methoxy groups -OCH3 is 6. The first-order valence-corrected chi connectivity index (χ1v) is 13.0. The van der Waals surface area contributed by atoms with Crippen LogP contribution in [0.5, 0.6) is 34.5 Å². The van der Waals surface area contributed by atoms with Crippen molar-refractivity contribution >= 4 is 22.1 Å². The first-order chi connectivity index (χ1) is 20.5. The van der Waals surface area contributed by atoms with E-state index in [9.17, 15) is 0 Å². The fourth-order valence-electron chi connectivity index (χ4n) is 4.61. The number of ether oxygens (including phenoxy) is 6. The quantitative estimate of drug-likeness (QED) is 0.214. The first kappa shape index (κ1) is 28.2. The number of hydrogen-bond acceptors (Lipinski definition) is 8. The van der Waals surface area contributed by atoms with Crippen molar-refractivity contribution < 1.29 is 28.4 Å². The first-order valence-electron chi connectivity index (χ1n) is 13.0. The molecule has 0 saturated heterocycles. The third kappa shape index (κ3) is 5.46. The third-order valence-electron chi connectivity index (χ3n) is 6.66. The summed E-state index contributed by atoms with van der Waals surface area (Å²) in [7, 11) is 9.56. The molecule has 2 aromatic heterocycles. The molecule has 10 heteroatoms. The highest BCUT2D eigenvalue weighted by Crippen LogP contribution is 2.42. The number of aromatic nitrogens is 4. The molecule has 10 nitrogen and oxygen atoms in total. The van der Waals surface area contributed by atoms with Crippen LogP contribution in [0.25, 0.3) is 44.8 Å². The van der Waals surface area contributed by atoms with Gasteiger partial charge in [-0.3, -0.25) is 0 Å². The lowest BCUT2D eigenvalue weighted by atomic mass is 10.1. The highest BCUT2D eigenvalue weighted by atomic mass is 16.5. The predicted octanol–water partition coefficient (Wildman–Crippen LogP) is 6.51. The summed E-state index contributed by atoms with van der Waals surface area (Å²) in [5.74, 6) is 5.07. The lowest BCUT2D eigenvalue weighted by Gasteiger charge is -2.13. The monoisotopic (exact) mass is 568 g/mol. The Labute approximate surface area is 243 Å². The van der Waals surface area contributed by atoms with Gasteiger partial charge in [-0.15, -0.1) is 0 Å². The summed E-state index contributed by atoms with van der Waals surface area (Å²) in [6.07, 6.45) is 0. The third-order valence-corrected chi connectivity index (χ3v) is 6.66. The van der Waals surface area contributed by atoms with Crippen molar-refractivity contribution in [1.29, 1.82) is 0 Å². The summed E-state index contributed by atoms with van der Waals surface area (Å²) in [6.45, 7) is 0. The minimum atomic E-state index is 0.569. The summed E-state index contributed by atoms with van der Waals surface area (Å²) < 4.78 is 32.1. The van der Waals surface area contributed by atoms with Crippen LogP contribution in [0.1, 0.15) is 0 Å². The summed E-state index contributed by atoms with van der Waals surface area (Å²) in [5, 5.41) is 0. The van der Waals surface area contributed by atoms with Crippen LogP contribution in [0.15, 0.2) is 72.8 Å². The standard InChI is InChI=1S/2C16H16N2O3/c2*1-19-13-8-10(9-14(20-2)15(13)21-3)16-17-11-6-4-5-7-12(11)18-16/h2*4-9H,1-3H3,(H,17,18). The molecular formula is C32H32N4O6. The van der Waals surface area contributed by atoms with Crippen molar-refractivity contribution in [3.63, 3.8) is 0 Å². The summed E-state index contributed by atoms with van der Waals surface area (Å²) in [4.78, 5) is 15.7. The minimum Gasteiger partial charge on any atom is -0.493 e. The topological polar surface area (TPSA) is 113 Å². The number of benzene rings is 4. The van der Waals surface area contributed by atoms with Gasteiger partial charge in [-0.2, -0.15) is 0 Å². The van der Waals surface area contributed by atoms with Gasteiger partial charge in [-0.1, -0.05) is 24.3 Å². The van der Waals surface area contributed by atoms with Crippen molar-refractivity contribution in [2.75, 3.05) is 42.7 Å². The molecular weight excluding hydrogens is 536 g/mol. The van der Waals surface area contributed by atoms with Crippen molar-refractivity contribution in [2.24, 2.45) is 0 Å². The highest BCUT2D eigenvalue weighted by molar-refractivity contribution is 5.81. The highest BCUT2D eigenvalue weighted by Gasteiger charge is 2.17. The van der Waals surface area contributed by atoms with E-state index >= 15 is 0 Å². The number of nitrogens with one attached hydrogen (secondary N) is 2. The molecule has 42 heavy (non-hydrogen) atoms. The Morgan fingerprint density at radius 2 is 0.786 bits per heavy atom. The van der Waals surface area contributed by atoms with Gasteiger partial charge in [0.15, 0.2) is 23.0 Å². The Bertz CT molecular complexity index is 1580. The summed E-state index contributed by atoms with van der Waals surface area (Å²) in [6, 6.07) is 23.3. The van der Waals surface area contributed by atoms with E-state index in [1.165, 1.54) is 0 Å². The maximum absolute atomic E-state index is 5.37. The zero-order chi connectivity index (χ0) is 29.6. The van der Waals surface area contributed by atoms with Crippen LogP contribution in [0.2, 0.25) is 0 Å². The van der Waals surface area contributed by atoms with Gasteiger partial charge in [-0.25, -0.2) is 9.97 Å². The molecule has 0 spiro atoms. The van der Waals surface area contributed by atoms with E-state index < -0.39 is 0 Å². The molecule has 6 rings (SSSR count). The Kier molecular flexibility index (Phi) is 8.33. The van der Waals surface area contributed by atoms with E-state index in [2.05, 4.69) is 19.9 Å². The predicted molar refractivity (Wildman–Crippen MR) is 162 cm³/mol. The Hall–Kier alpha value is -5.38. The Morgan fingerprint density at radius 1 is 0.452 bits per heavy atom. The number of nitrogens with zero attached hydrogens (tertiary/aromatic N) is 2. The van der Waals surface area contributed by atoms with Gasteiger partial charge < -0.3 is 38.4 Å². The van der Waals surface area contributed by atoms with Gasteiger partial charge in [-0.05, 0) is 48.5 Å². The number of para-hydroxylation sites is 4. The molecule has 0 aliphatic carbocycles. The van der Waals surface area contributed by atoms with Gasteiger partial charge >= 0.3 is 0 Å². The van der Waals surface area contributed by atoms with Crippen LogP contribution in [0.3, 0.4) is 0 Å². The van der Waals surface area contributed by atoms with E-state index in [1.807, 2.05) is 72.8 Å². The van der Waals surface area contributed by atoms with Crippen LogP contribution >= 0.6 is 0 Å². The molecule has 6 aromatic rings. The largest absolute Gasteiger partial charge is 0.493 e. The van der Waals surface area contributed by atoms with Crippen LogP contribution in [-0.2, 0) is 0 Å². The number of H-pyrrole nitrogens is 2. The van der Waals surface area contributed by atoms with Crippen LogP contribution < -0.4 is 28.4 Å². The second-order valence-electron chi connectivity index (χ2n) is 9.03. The van der Waals surface area contributed by atoms with Crippen molar-refractivity contribution in [2.45, 2.75) is 0 Å². The van der Waals surface area contributed by atoms with Crippen molar-refractivity contribution in [3.05, 3.63) is 72.8 Å². The fraction of sp³-hybridized carbons (Fsp3) is 0.188. The van der Waals surface area contributed by atoms with Crippen LogP contribution in [0.4, 0.5) is 0 Å². The van der Waals surface area contributed by atoms with Crippen LogP contribution in [-0.4, -0.2) is 62.6 Å². The zero-order valence-electron chi connectivity index (χ0n) is 24.3. The number of rotatable bonds is 8. The molecule has 0 amide bonds. The molecule has 0 atom stereocenters. The molecule has 0 unspecified atom stereocenters. The van der Waals surface area contributed by atoms with E-state index in [1.54, 1.807) is 42.7 Å². The second-order valence-corrected chi connectivity index (χ2v) is 9.03. The SMILES string of the molecule is COc1cc(-c2nc3ccccc3[nH]2)cc(OC)c1OC.COc1cc(-c2nc3ccccc3[nH]2)cc(OC)c1OC. The van der Waals surface area contributed by atoms with Gasteiger partial charge in [0.05, 0.1) is 64.7 Å². The molecule has 216 valence electrons. The zero-order valence-corrected chi connectivity index (χ0v) is 24.3. The Morgan fingerprint density at radius 3 is 1.07 bits per heavy atom. The molecule has 2 N–H and O–H groups in total. The van der Waals surface area contributed by atoms with Crippen molar-refractivity contribution in [3.8, 4) is 57.3 Å². The van der Waals surface area contributed by atoms with E-state index in [4.69, 9.17) is 28.4 Å². The van der Waals surface area contributed by atoms with Crippen LogP contribution in [0, 0.1) is 0 Å². The van der Waals surface area contributed by atoms with Crippen molar-refractivity contribution in [1.82, 2.24) is 19.9 Å². The van der Waals surface area contributed by atoms with Gasteiger partial charge in [0.1, 0.15) is 11.6 Å². The average Bonchev–Trinajstić information content (AvgIpc) is 3.68. The maximum atomic E-state index is 5.37. The molecule has 2 heterocycles. The average molecular weight is 569 g/mol. The molecule has 0 radical (unpaired) electrons. The lowest BCUT2D eigenvalue weighted by Crippen LogP contribution is -1.96. The molecule has 0 aliphatic rings. The maximum Gasteiger partial charge on any atom is 0.203 e. The smallest absolute Gasteiger partial charge is 0.203 e.